The highest BCUT2D eigenvalue weighted by Crippen LogP contribution is 2.43. The van der Waals surface area contributed by atoms with Gasteiger partial charge in [-0.1, -0.05) is 0 Å². The van der Waals surface area contributed by atoms with E-state index in [1.54, 1.807) is 45.3 Å². The molecule has 0 unspecified atom stereocenters. The van der Waals surface area contributed by atoms with Gasteiger partial charge in [0.1, 0.15) is 11.0 Å². The molecule has 5 aromatic heterocycles. The maximum Gasteiger partial charge on any atom is 0.109 e. The standard InChI is InChI=1S/C20H8N2S4/c1-5-23-17-9(1)10-2-6-24-18(10)16-15(17)21-13-11-3-7-25-19(11)20-12(4-8-26-20)14(13)22-16/h1-8H. The minimum Gasteiger partial charge on any atom is -0.242 e. The Balaban J connectivity index is 1.88. The molecule has 0 amide bonds. The second kappa shape index (κ2) is 4.78. The average Bonchev–Trinajstić information content (AvgIpc) is 3.46. The molecule has 0 N–H and O–H groups in total. The van der Waals surface area contributed by atoms with Crippen molar-refractivity contribution in [3.63, 3.8) is 0 Å². The summed E-state index contributed by atoms with van der Waals surface area (Å²) in [4.78, 5) is 10.4. The van der Waals surface area contributed by atoms with E-state index in [2.05, 4.69) is 45.8 Å². The summed E-state index contributed by atoms with van der Waals surface area (Å²) in [7, 11) is 0. The van der Waals surface area contributed by atoms with E-state index < -0.39 is 0 Å². The van der Waals surface area contributed by atoms with Crippen LogP contribution in [0.5, 0.6) is 0 Å². The lowest BCUT2D eigenvalue weighted by Gasteiger charge is -2.07. The maximum atomic E-state index is 5.20. The van der Waals surface area contributed by atoms with Crippen molar-refractivity contribution in [2.75, 3.05) is 0 Å². The number of rotatable bonds is 0. The van der Waals surface area contributed by atoms with E-state index in [9.17, 15) is 0 Å². The Morgan fingerprint density at radius 2 is 0.808 bits per heavy atom. The van der Waals surface area contributed by atoms with Gasteiger partial charge in [-0.25, -0.2) is 9.97 Å². The molecule has 122 valence electrons. The first-order chi connectivity index (χ1) is 12.9. The fourth-order valence-corrected chi connectivity index (χ4v) is 7.66. The smallest absolute Gasteiger partial charge is 0.109 e. The summed E-state index contributed by atoms with van der Waals surface area (Å²) < 4.78 is 5.15. The summed E-state index contributed by atoms with van der Waals surface area (Å²) in [6.45, 7) is 0. The molecule has 0 aliphatic carbocycles. The molecule has 0 radical (unpaired) electrons. The summed E-state index contributed by atoms with van der Waals surface area (Å²) in [5.74, 6) is 0. The van der Waals surface area contributed by atoms with Gasteiger partial charge in [-0.05, 0) is 45.8 Å². The average molecular weight is 405 g/mol. The van der Waals surface area contributed by atoms with Crippen LogP contribution in [0.3, 0.4) is 0 Å². The van der Waals surface area contributed by atoms with Crippen LogP contribution in [-0.2, 0) is 0 Å². The van der Waals surface area contributed by atoms with Crippen LogP contribution in [0.4, 0.5) is 0 Å². The predicted molar refractivity (Wildman–Crippen MR) is 119 cm³/mol. The molecule has 2 nitrogen and oxygen atoms in total. The summed E-state index contributed by atoms with van der Waals surface area (Å²) in [6, 6.07) is 8.81. The van der Waals surface area contributed by atoms with Gasteiger partial charge < -0.3 is 0 Å². The fraction of sp³-hybridized carbons (Fsp3) is 0. The van der Waals surface area contributed by atoms with Crippen molar-refractivity contribution in [1.82, 2.24) is 9.97 Å². The van der Waals surface area contributed by atoms with Crippen molar-refractivity contribution in [2.45, 2.75) is 0 Å². The number of nitrogens with zero attached hydrogens (tertiary/aromatic N) is 2. The van der Waals surface area contributed by atoms with E-state index in [0.29, 0.717) is 0 Å². The molecule has 7 aromatic rings. The van der Waals surface area contributed by atoms with Gasteiger partial charge in [0.05, 0.1) is 29.8 Å². The Kier molecular flexibility index (Phi) is 2.57. The van der Waals surface area contributed by atoms with Crippen LogP contribution in [0, 0.1) is 0 Å². The molecule has 0 bridgehead atoms. The van der Waals surface area contributed by atoms with Crippen LogP contribution in [0.25, 0.3) is 62.4 Å². The molecule has 2 aromatic carbocycles. The van der Waals surface area contributed by atoms with Crippen LogP contribution in [-0.4, -0.2) is 9.97 Å². The van der Waals surface area contributed by atoms with Gasteiger partial charge in [0.2, 0.25) is 0 Å². The highest BCUT2D eigenvalue weighted by atomic mass is 32.1. The van der Waals surface area contributed by atoms with Crippen molar-refractivity contribution >= 4 is 108 Å². The zero-order valence-corrected chi connectivity index (χ0v) is 16.4. The molecule has 0 aliphatic heterocycles. The lowest BCUT2D eigenvalue weighted by molar-refractivity contribution is 1.45. The number of benzene rings is 2. The predicted octanol–water partition coefficient (Wildman–Crippen LogP) is 7.64. The quantitative estimate of drug-likeness (QED) is 0.243. The normalized spacial score (nSPS) is 12.6. The van der Waals surface area contributed by atoms with Crippen LogP contribution in [0.15, 0.2) is 45.8 Å². The highest BCUT2D eigenvalue weighted by molar-refractivity contribution is 7.26. The molecule has 0 fully saturated rings. The van der Waals surface area contributed by atoms with E-state index >= 15 is 0 Å². The van der Waals surface area contributed by atoms with Crippen LogP contribution in [0.1, 0.15) is 0 Å². The number of aromatic nitrogens is 2. The van der Waals surface area contributed by atoms with E-state index in [-0.39, 0.29) is 0 Å². The zero-order chi connectivity index (χ0) is 16.8. The molecule has 6 heteroatoms. The summed E-state index contributed by atoms with van der Waals surface area (Å²) >= 11 is 7.12. The zero-order valence-electron chi connectivity index (χ0n) is 13.1. The lowest BCUT2D eigenvalue weighted by atomic mass is 10.1. The minimum absolute atomic E-state index is 1.03. The Morgan fingerprint density at radius 3 is 1.27 bits per heavy atom. The van der Waals surface area contributed by atoms with Gasteiger partial charge in [0.15, 0.2) is 0 Å². The number of thiophene rings is 4. The van der Waals surface area contributed by atoms with Gasteiger partial charge in [0.25, 0.3) is 0 Å². The van der Waals surface area contributed by atoms with E-state index in [4.69, 9.17) is 9.97 Å². The van der Waals surface area contributed by atoms with Crippen molar-refractivity contribution in [3.8, 4) is 0 Å². The molecule has 7 rings (SSSR count). The van der Waals surface area contributed by atoms with E-state index in [1.807, 2.05) is 0 Å². The molecule has 26 heavy (non-hydrogen) atoms. The van der Waals surface area contributed by atoms with E-state index in [1.165, 1.54) is 40.3 Å². The molecular formula is C20H8N2S4. The molecule has 0 spiro atoms. The van der Waals surface area contributed by atoms with Crippen LogP contribution in [0.2, 0.25) is 0 Å². The van der Waals surface area contributed by atoms with Gasteiger partial charge in [-0.15, -0.1) is 45.3 Å². The van der Waals surface area contributed by atoms with Crippen molar-refractivity contribution in [2.24, 2.45) is 0 Å². The van der Waals surface area contributed by atoms with Gasteiger partial charge in [0, 0.05) is 21.5 Å². The number of hydrogen-bond donors (Lipinski definition) is 0. The number of fused-ring (bicyclic) bond motifs is 12. The molecular weight excluding hydrogens is 397 g/mol. The Bertz CT molecular complexity index is 1400. The highest BCUT2D eigenvalue weighted by Gasteiger charge is 2.18. The Morgan fingerprint density at radius 1 is 0.423 bits per heavy atom. The van der Waals surface area contributed by atoms with E-state index in [0.717, 1.165) is 22.1 Å². The summed E-state index contributed by atoms with van der Waals surface area (Å²) in [5.41, 5.74) is 4.15. The first-order valence-corrected chi connectivity index (χ1v) is 11.7. The molecule has 0 aliphatic rings. The first-order valence-electron chi connectivity index (χ1n) is 8.14. The summed E-state index contributed by atoms with van der Waals surface area (Å²) in [6.07, 6.45) is 0. The Hall–Kier alpha value is -2.12. The third-order valence-electron chi connectivity index (χ3n) is 4.99. The van der Waals surface area contributed by atoms with Crippen molar-refractivity contribution in [1.29, 1.82) is 0 Å². The van der Waals surface area contributed by atoms with Crippen LogP contribution < -0.4 is 0 Å². The lowest BCUT2D eigenvalue weighted by Crippen LogP contribution is -1.89. The number of hydrogen-bond acceptors (Lipinski definition) is 6. The van der Waals surface area contributed by atoms with Gasteiger partial charge >= 0.3 is 0 Å². The monoisotopic (exact) mass is 404 g/mol. The SMILES string of the molecule is c1cc2c3ccsc3c3nc4c5ccsc5c5sccc5c4nc3c2s1. The molecule has 5 heterocycles. The van der Waals surface area contributed by atoms with Crippen molar-refractivity contribution in [3.05, 3.63) is 45.8 Å². The second-order valence-corrected chi connectivity index (χ2v) is 9.94. The second-order valence-electron chi connectivity index (χ2n) is 6.27. The Labute approximate surface area is 163 Å². The third kappa shape index (κ3) is 1.57. The minimum atomic E-state index is 1.03. The maximum absolute atomic E-state index is 5.20. The van der Waals surface area contributed by atoms with Crippen LogP contribution >= 0.6 is 45.3 Å². The summed E-state index contributed by atoms with van der Waals surface area (Å²) in [5, 5.41) is 13.7. The molecule has 0 atom stereocenters. The van der Waals surface area contributed by atoms with Gasteiger partial charge in [-0.3, -0.25) is 0 Å². The molecule has 0 saturated carbocycles. The molecule has 0 saturated heterocycles. The largest absolute Gasteiger partial charge is 0.242 e. The fourth-order valence-electron chi connectivity index (χ4n) is 3.88. The third-order valence-corrected chi connectivity index (χ3v) is 8.83. The topological polar surface area (TPSA) is 25.8 Å². The van der Waals surface area contributed by atoms with Gasteiger partial charge in [-0.2, -0.15) is 0 Å². The first kappa shape index (κ1) is 14.0. The van der Waals surface area contributed by atoms with Crippen molar-refractivity contribution < 1.29 is 0 Å².